The molecule has 0 unspecified atom stereocenters. The Morgan fingerprint density at radius 1 is 1.21 bits per heavy atom. The van der Waals surface area contributed by atoms with E-state index in [4.69, 9.17) is 0 Å². The summed E-state index contributed by atoms with van der Waals surface area (Å²) < 4.78 is 5.44. The van der Waals surface area contributed by atoms with Crippen molar-refractivity contribution in [2.45, 2.75) is 34.1 Å². The molecule has 0 radical (unpaired) electrons. The van der Waals surface area contributed by atoms with Gasteiger partial charge in [-0.1, -0.05) is 26.3 Å². The highest BCUT2D eigenvalue weighted by molar-refractivity contribution is 7.13. The molecule has 0 saturated heterocycles. The summed E-state index contributed by atoms with van der Waals surface area (Å²) in [7, 11) is 0. The first kappa shape index (κ1) is 11.2. The van der Waals surface area contributed by atoms with Gasteiger partial charge in [0.15, 0.2) is 0 Å². The standard InChI is InChI=1S/C9H9NS.C3H8/c1-6-3-7(2)8-5-10-11-9(8)4-6;1-3-2/h3-5H,1-2H3;3H2,1-2H3. The Kier molecular flexibility index (Phi) is 4.08. The summed E-state index contributed by atoms with van der Waals surface area (Å²) in [6.45, 7) is 8.50. The van der Waals surface area contributed by atoms with Crippen molar-refractivity contribution < 1.29 is 0 Å². The van der Waals surface area contributed by atoms with Crippen LogP contribution in [0.15, 0.2) is 18.3 Å². The molecule has 0 atom stereocenters. The van der Waals surface area contributed by atoms with Crippen molar-refractivity contribution in [1.29, 1.82) is 0 Å². The third kappa shape index (κ3) is 2.55. The van der Waals surface area contributed by atoms with Gasteiger partial charge in [0.05, 0.1) is 4.70 Å². The minimum Gasteiger partial charge on any atom is -0.200 e. The highest BCUT2D eigenvalue weighted by Gasteiger charge is 1.99. The second-order valence-electron chi connectivity index (χ2n) is 3.53. The summed E-state index contributed by atoms with van der Waals surface area (Å²) >= 11 is 1.57. The van der Waals surface area contributed by atoms with Gasteiger partial charge in [0.2, 0.25) is 0 Å². The number of aryl methyl sites for hydroxylation is 2. The number of hydrogen-bond acceptors (Lipinski definition) is 2. The van der Waals surface area contributed by atoms with Gasteiger partial charge in [-0.2, -0.15) is 4.37 Å². The lowest BCUT2D eigenvalue weighted by Gasteiger charge is -1.96. The Labute approximate surface area is 89.9 Å². The van der Waals surface area contributed by atoms with E-state index >= 15 is 0 Å². The van der Waals surface area contributed by atoms with Crippen LogP contribution < -0.4 is 0 Å². The molecule has 0 amide bonds. The molecule has 0 N–H and O–H groups in total. The van der Waals surface area contributed by atoms with Gasteiger partial charge in [-0.15, -0.1) is 0 Å². The fourth-order valence-electron chi connectivity index (χ4n) is 1.32. The van der Waals surface area contributed by atoms with Crippen molar-refractivity contribution in [1.82, 2.24) is 4.37 Å². The Morgan fingerprint density at radius 2 is 1.86 bits per heavy atom. The average Bonchev–Trinajstić information content (AvgIpc) is 2.53. The maximum atomic E-state index is 4.14. The van der Waals surface area contributed by atoms with Gasteiger partial charge >= 0.3 is 0 Å². The highest BCUT2D eigenvalue weighted by Crippen LogP contribution is 2.22. The van der Waals surface area contributed by atoms with Crippen LogP contribution in [0, 0.1) is 13.8 Å². The Balaban J connectivity index is 0.000000293. The fourth-order valence-corrected chi connectivity index (χ4v) is 2.14. The summed E-state index contributed by atoms with van der Waals surface area (Å²) in [4.78, 5) is 0. The molecule has 0 bridgehead atoms. The second-order valence-corrected chi connectivity index (χ2v) is 4.36. The normalized spacial score (nSPS) is 9.71. The number of hydrogen-bond donors (Lipinski definition) is 0. The molecule has 14 heavy (non-hydrogen) atoms. The SMILES string of the molecule is CCC.Cc1cc(C)c2cnsc2c1. The first-order valence-corrected chi connectivity index (χ1v) is 5.78. The van der Waals surface area contributed by atoms with Gasteiger partial charge in [0.1, 0.15) is 0 Å². The molecule has 2 rings (SSSR count). The van der Waals surface area contributed by atoms with E-state index in [1.807, 2.05) is 6.20 Å². The molecule has 1 aromatic heterocycles. The molecule has 0 aliphatic heterocycles. The molecule has 0 aliphatic carbocycles. The summed E-state index contributed by atoms with van der Waals surface area (Å²) in [6.07, 6.45) is 3.19. The lowest BCUT2D eigenvalue weighted by Crippen LogP contribution is -1.75. The van der Waals surface area contributed by atoms with E-state index in [9.17, 15) is 0 Å². The zero-order valence-electron chi connectivity index (χ0n) is 9.29. The summed E-state index contributed by atoms with van der Waals surface area (Å²) in [6, 6.07) is 4.37. The van der Waals surface area contributed by atoms with Gasteiger partial charge in [-0.3, -0.25) is 0 Å². The summed E-state index contributed by atoms with van der Waals surface area (Å²) in [5.74, 6) is 0. The smallest absolute Gasteiger partial charge is 0.0555 e. The van der Waals surface area contributed by atoms with Crippen LogP contribution in [0.3, 0.4) is 0 Å². The Morgan fingerprint density at radius 3 is 2.50 bits per heavy atom. The van der Waals surface area contributed by atoms with Gasteiger partial charge in [0, 0.05) is 11.6 Å². The third-order valence-corrected chi connectivity index (χ3v) is 2.57. The van der Waals surface area contributed by atoms with Gasteiger partial charge in [0.25, 0.3) is 0 Å². The number of nitrogens with zero attached hydrogens (tertiary/aromatic N) is 1. The molecule has 1 heterocycles. The molecular weight excluding hydrogens is 190 g/mol. The lowest BCUT2D eigenvalue weighted by atomic mass is 10.1. The predicted octanol–water partition coefficient (Wildman–Crippen LogP) is 4.33. The van der Waals surface area contributed by atoms with Crippen molar-refractivity contribution in [3.8, 4) is 0 Å². The van der Waals surface area contributed by atoms with Crippen LogP contribution in [0.2, 0.25) is 0 Å². The third-order valence-electron chi connectivity index (χ3n) is 1.83. The van der Waals surface area contributed by atoms with Crippen LogP contribution in [-0.4, -0.2) is 4.37 Å². The van der Waals surface area contributed by atoms with Crippen molar-refractivity contribution in [2.24, 2.45) is 0 Å². The lowest BCUT2D eigenvalue weighted by molar-refractivity contribution is 1.09. The van der Waals surface area contributed by atoms with Crippen LogP contribution in [0.4, 0.5) is 0 Å². The van der Waals surface area contributed by atoms with Gasteiger partial charge < -0.3 is 0 Å². The quantitative estimate of drug-likeness (QED) is 0.626. The largest absolute Gasteiger partial charge is 0.200 e. The zero-order valence-corrected chi connectivity index (χ0v) is 10.1. The molecular formula is C12H17NS. The zero-order chi connectivity index (χ0) is 10.6. The van der Waals surface area contributed by atoms with Crippen LogP contribution in [0.1, 0.15) is 31.4 Å². The molecule has 2 aromatic rings. The fraction of sp³-hybridized carbons (Fsp3) is 0.417. The van der Waals surface area contributed by atoms with E-state index in [1.165, 1.54) is 27.6 Å². The van der Waals surface area contributed by atoms with E-state index in [0.717, 1.165) is 0 Å². The summed E-state index contributed by atoms with van der Waals surface area (Å²) in [5.41, 5.74) is 2.65. The van der Waals surface area contributed by atoms with Crippen LogP contribution in [0.5, 0.6) is 0 Å². The number of benzene rings is 1. The van der Waals surface area contributed by atoms with E-state index in [0.29, 0.717) is 0 Å². The van der Waals surface area contributed by atoms with Crippen LogP contribution in [-0.2, 0) is 0 Å². The number of rotatable bonds is 0. The van der Waals surface area contributed by atoms with Crippen LogP contribution in [0.25, 0.3) is 10.1 Å². The maximum Gasteiger partial charge on any atom is 0.0555 e. The average molecular weight is 207 g/mol. The maximum absolute atomic E-state index is 4.14. The van der Waals surface area contributed by atoms with E-state index in [-0.39, 0.29) is 0 Å². The first-order valence-electron chi connectivity index (χ1n) is 5.00. The first-order chi connectivity index (χ1) is 6.69. The second kappa shape index (κ2) is 5.11. The molecule has 0 saturated carbocycles. The van der Waals surface area contributed by atoms with Crippen molar-refractivity contribution >= 4 is 21.6 Å². The van der Waals surface area contributed by atoms with Crippen molar-refractivity contribution in [3.05, 3.63) is 29.5 Å². The van der Waals surface area contributed by atoms with Gasteiger partial charge in [-0.05, 0) is 42.6 Å². The molecule has 1 aromatic carbocycles. The molecule has 0 spiro atoms. The van der Waals surface area contributed by atoms with E-state index < -0.39 is 0 Å². The molecule has 2 heteroatoms. The Hall–Kier alpha value is -0.890. The monoisotopic (exact) mass is 207 g/mol. The van der Waals surface area contributed by atoms with Crippen molar-refractivity contribution in [2.75, 3.05) is 0 Å². The van der Waals surface area contributed by atoms with E-state index in [2.05, 4.69) is 44.2 Å². The molecule has 1 nitrogen and oxygen atoms in total. The number of fused-ring (bicyclic) bond motifs is 1. The molecule has 76 valence electrons. The minimum atomic E-state index is 1.25. The highest BCUT2D eigenvalue weighted by atomic mass is 32.1. The molecule has 0 aliphatic rings. The topological polar surface area (TPSA) is 12.9 Å². The molecule has 0 fully saturated rings. The van der Waals surface area contributed by atoms with Crippen LogP contribution >= 0.6 is 11.5 Å². The Bertz CT molecular complexity index is 404. The number of aromatic nitrogens is 1. The predicted molar refractivity (Wildman–Crippen MR) is 65.1 cm³/mol. The van der Waals surface area contributed by atoms with Crippen molar-refractivity contribution in [3.63, 3.8) is 0 Å². The van der Waals surface area contributed by atoms with Gasteiger partial charge in [-0.25, -0.2) is 0 Å². The van der Waals surface area contributed by atoms with E-state index in [1.54, 1.807) is 11.5 Å². The summed E-state index contributed by atoms with van der Waals surface area (Å²) in [5, 5.41) is 1.29. The minimum absolute atomic E-state index is 1.25.